The van der Waals surface area contributed by atoms with Crippen molar-refractivity contribution in [1.29, 1.82) is 0 Å². The summed E-state index contributed by atoms with van der Waals surface area (Å²) in [6.45, 7) is 5.89. The van der Waals surface area contributed by atoms with Crippen molar-refractivity contribution in [3.8, 4) is 0 Å². The molecule has 0 unspecified atom stereocenters. The molecule has 2 rings (SSSR count). The molecule has 0 atom stereocenters. The molecule has 0 aliphatic heterocycles. The van der Waals surface area contributed by atoms with E-state index < -0.39 is 0 Å². The second kappa shape index (κ2) is 5.33. The Kier molecular flexibility index (Phi) is 3.75. The summed E-state index contributed by atoms with van der Waals surface area (Å²) >= 11 is 0. The first-order chi connectivity index (χ1) is 9.39. The average Bonchev–Trinajstić information content (AvgIpc) is 2.81. The fraction of sp³-hybridized carbons (Fsp3) is 0.417. The molecule has 0 aliphatic rings. The Labute approximate surface area is 116 Å². The second-order valence-electron chi connectivity index (χ2n) is 5.43. The molecule has 8 heteroatoms. The Balaban J connectivity index is 2.13. The van der Waals surface area contributed by atoms with Crippen LogP contribution in [0, 0.1) is 0 Å². The zero-order valence-electron chi connectivity index (χ0n) is 11.8. The Morgan fingerprint density at radius 3 is 2.85 bits per heavy atom. The van der Waals surface area contributed by atoms with Gasteiger partial charge in [0.25, 0.3) is 0 Å². The quantitative estimate of drug-likeness (QED) is 0.474. The molecule has 8 nitrogen and oxygen atoms in total. The molecule has 0 radical (unpaired) electrons. The van der Waals surface area contributed by atoms with E-state index in [-0.39, 0.29) is 18.0 Å². The largest absolute Gasteiger partial charge is 0.358 e. The number of hydrogen-bond acceptors (Lipinski definition) is 6. The van der Waals surface area contributed by atoms with E-state index in [9.17, 15) is 4.79 Å². The van der Waals surface area contributed by atoms with Gasteiger partial charge in [0.2, 0.25) is 5.91 Å². The van der Waals surface area contributed by atoms with Crippen LogP contribution in [0.25, 0.3) is 5.65 Å². The summed E-state index contributed by atoms with van der Waals surface area (Å²) in [6, 6.07) is 0. The van der Waals surface area contributed by atoms with Crippen LogP contribution in [-0.4, -0.2) is 32.4 Å². The Bertz CT molecular complexity index is 614. The van der Waals surface area contributed by atoms with Gasteiger partial charge in [0, 0.05) is 17.9 Å². The first kappa shape index (κ1) is 14.1. The normalized spacial score (nSPS) is 11.4. The predicted molar refractivity (Wildman–Crippen MR) is 77.2 cm³/mol. The number of amides is 1. The number of aromatic nitrogens is 3. The maximum atomic E-state index is 11.8. The van der Waals surface area contributed by atoms with Crippen molar-refractivity contribution in [2.45, 2.75) is 26.3 Å². The summed E-state index contributed by atoms with van der Waals surface area (Å²) in [6.07, 6.45) is 5.14. The maximum Gasteiger partial charge on any atom is 0.239 e. The molecule has 20 heavy (non-hydrogen) atoms. The van der Waals surface area contributed by atoms with Gasteiger partial charge in [-0.3, -0.25) is 4.79 Å². The average molecular weight is 277 g/mol. The van der Waals surface area contributed by atoms with E-state index >= 15 is 0 Å². The maximum absolute atomic E-state index is 11.8. The summed E-state index contributed by atoms with van der Waals surface area (Å²) in [4.78, 5) is 20.2. The lowest BCUT2D eigenvalue weighted by molar-refractivity contribution is -0.120. The molecule has 0 aromatic carbocycles. The Hall–Kier alpha value is -2.35. The van der Waals surface area contributed by atoms with Crippen molar-refractivity contribution in [2.24, 2.45) is 5.84 Å². The number of nitrogens with one attached hydrogen (secondary N) is 3. The van der Waals surface area contributed by atoms with E-state index in [0.29, 0.717) is 17.3 Å². The monoisotopic (exact) mass is 277 g/mol. The van der Waals surface area contributed by atoms with Gasteiger partial charge < -0.3 is 20.5 Å². The summed E-state index contributed by atoms with van der Waals surface area (Å²) in [5.41, 5.74) is 2.84. The lowest BCUT2D eigenvalue weighted by atomic mass is 10.1. The Morgan fingerprint density at radius 1 is 1.45 bits per heavy atom. The van der Waals surface area contributed by atoms with Gasteiger partial charge in [0.1, 0.15) is 0 Å². The van der Waals surface area contributed by atoms with Crippen LogP contribution in [0.1, 0.15) is 20.8 Å². The van der Waals surface area contributed by atoms with E-state index in [1.165, 1.54) is 0 Å². The summed E-state index contributed by atoms with van der Waals surface area (Å²) < 4.78 is 1.77. The highest BCUT2D eigenvalue weighted by molar-refractivity contribution is 5.82. The van der Waals surface area contributed by atoms with Gasteiger partial charge in [-0.2, -0.15) is 0 Å². The lowest BCUT2D eigenvalue weighted by Gasteiger charge is -2.20. The standard InChI is InChI=1S/C12H19N7O/c1-12(2,3)17-9(20)6-15-10-11-14-4-5-19(11)7-8(16-10)18-13/h4-5,7,18H,6,13H2,1-3H3,(H,15,16)(H,17,20). The van der Waals surface area contributed by atoms with Crippen LogP contribution < -0.4 is 21.9 Å². The van der Waals surface area contributed by atoms with E-state index in [4.69, 9.17) is 5.84 Å². The van der Waals surface area contributed by atoms with Crippen molar-refractivity contribution >= 4 is 23.2 Å². The summed E-state index contributed by atoms with van der Waals surface area (Å²) in [7, 11) is 0. The molecule has 0 spiro atoms. The van der Waals surface area contributed by atoms with Crippen LogP contribution in [0.15, 0.2) is 18.6 Å². The molecule has 0 bridgehead atoms. The molecule has 2 heterocycles. The molecule has 0 saturated heterocycles. The third kappa shape index (κ3) is 3.35. The molecule has 2 aromatic heterocycles. The minimum absolute atomic E-state index is 0.112. The number of hydrazine groups is 1. The van der Waals surface area contributed by atoms with Gasteiger partial charge in [-0.15, -0.1) is 0 Å². The minimum atomic E-state index is -0.268. The SMILES string of the molecule is CC(C)(C)NC(=O)CNc1nc(NN)cn2ccnc12. The number of imidazole rings is 1. The van der Waals surface area contributed by atoms with E-state index in [1.54, 1.807) is 23.0 Å². The molecular weight excluding hydrogens is 258 g/mol. The number of nitrogens with zero attached hydrogens (tertiary/aromatic N) is 3. The topological polar surface area (TPSA) is 109 Å². The fourth-order valence-electron chi connectivity index (χ4n) is 1.75. The summed E-state index contributed by atoms with van der Waals surface area (Å²) in [5.74, 6) is 6.22. The molecule has 108 valence electrons. The van der Waals surface area contributed by atoms with Gasteiger partial charge in [-0.05, 0) is 20.8 Å². The van der Waals surface area contributed by atoms with Crippen molar-refractivity contribution in [1.82, 2.24) is 19.7 Å². The lowest BCUT2D eigenvalue weighted by Crippen LogP contribution is -2.43. The third-order valence-corrected chi connectivity index (χ3v) is 2.45. The van der Waals surface area contributed by atoms with Gasteiger partial charge in [-0.1, -0.05) is 0 Å². The smallest absolute Gasteiger partial charge is 0.239 e. The highest BCUT2D eigenvalue weighted by Crippen LogP contribution is 2.15. The van der Waals surface area contributed by atoms with E-state index in [0.717, 1.165) is 0 Å². The van der Waals surface area contributed by atoms with Crippen LogP contribution in [0.5, 0.6) is 0 Å². The third-order valence-electron chi connectivity index (χ3n) is 2.45. The zero-order valence-corrected chi connectivity index (χ0v) is 11.8. The van der Waals surface area contributed by atoms with Crippen LogP contribution in [0.2, 0.25) is 0 Å². The Morgan fingerprint density at radius 2 is 2.20 bits per heavy atom. The first-order valence-corrected chi connectivity index (χ1v) is 6.24. The minimum Gasteiger partial charge on any atom is -0.358 e. The van der Waals surface area contributed by atoms with Gasteiger partial charge >= 0.3 is 0 Å². The van der Waals surface area contributed by atoms with Crippen molar-refractivity contribution in [3.05, 3.63) is 18.6 Å². The number of nitrogens with two attached hydrogens (primary N) is 1. The molecular formula is C12H19N7O. The predicted octanol–water partition coefficient (Wildman–Crippen LogP) is 0.342. The van der Waals surface area contributed by atoms with Crippen LogP contribution in [-0.2, 0) is 4.79 Å². The number of anilines is 2. The van der Waals surface area contributed by atoms with Gasteiger partial charge in [0.05, 0.1) is 12.7 Å². The van der Waals surface area contributed by atoms with Crippen molar-refractivity contribution in [2.75, 3.05) is 17.3 Å². The number of hydrogen-bond donors (Lipinski definition) is 4. The first-order valence-electron chi connectivity index (χ1n) is 6.24. The van der Waals surface area contributed by atoms with Gasteiger partial charge in [0.15, 0.2) is 17.3 Å². The highest BCUT2D eigenvalue weighted by Gasteiger charge is 2.14. The number of nitrogen functional groups attached to an aromatic ring is 1. The van der Waals surface area contributed by atoms with Crippen LogP contribution in [0.4, 0.5) is 11.6 Å². The van der Waals surface area contributed by atoms with Crippen LogP contribution >= 0.6 is 0 Å². The fourth-order valence-corrected chi connectivity index (χ4v) is 1.75. The molecule has 5 N–H and O–H groups in total. The van der Waals surface area contributed by atoms with E-state index in [2.05, 4.69) is 26.0 Å². The number of carbonyl (C=O) groups excluding carboxylic acids is 1. The van der Waals surface area contributed by atoms with E-state index in [1.807, 2.05) is 20.8 Å². The molecule has 0 saturated carbocycles. The zero-order chi connectivity index (χ0) is 14.8. The molecule has 0 fully saturated rings. The number of rotatable bonds is 4. The molecule has 0 aliphatic carbocycles. The highest BCUT2D eigenvalue weighted by atomic mass is 16.2. The molecule has 1 amide bonds. The number of carbonyl (C=O) groups is 1. The summed E-state index contributed by atoms with van der Waals surface area (Å²) in [5, 5.41) is 5.83. The number of fused-ring (bicyclic) bond motifs is 1. The second-order valence-corrected chi connectivity index (χ2v) is 5.43. The van der Waals surface area contributed by atoms with Crippen LogP contribution in [0.3, 0.4) is 0 Å². The van der Waals surface area contributed by atoms with Crippen molar-refractivity contribution in [3.63, 3.8) is 0 Å². The van der Waals surface area contributed by atoms with Gasteiger partial charge in [-0.25, -0.2) is 15.8 Å². The molecule has 2 aromatic rings. The van der Waals surface area contributed by atoms with Crippen molar-refractivity contribution < 1.29 is 4.79 Å².